The molecule has 0 saturated carbocycles. The van der Waals surface area contributed by atoms with Crippen LogP contribution in [0.3, 0.4) is 0 Å². The van der Waals surface area contributed by atoms with Crippen molar-refractivity contribution in [3.8, 4) is 0 Å². The first-order valence-electron chi connectivity index (χ1n) is 9.50. The summed E-state index contributed by atoms with van der Waals surface area (Å²) in [4.78, 5) is 17.1. The number of rotatable bonds is 3. The average molecular weight is 365 g/mol. The average Bonchev–Trinajstić information content (AvgIpc) is 3.07. The van der Waals surface area contributed by atoms with Crippen LogP contribution in [0, 0.1) is 0 Å². The van der Waals surface area contributed by atoms with Crippen LogP contribution in [0.5, 0.6) is 0 Å². The van der Waals surface area contributed by atoms with Crippen molar-refractivity contribution in [2.24, 2.45) is 0 Å². The van der Waals surface area contributed by atoms with Gasteiger partial charge in [-0.05, 0) is 43.7 Å². The smallest absolute Gasteiger partial charge is 0.412 e. The van der Waals surface area contributed by atoms with Gasteiger partial charge in [0.1, 0.15) is 6.10 Å². The Morgan fingerprint density at radius 2 is 1.96 bits per heavy atom. The second-order valence-electron chi connectivity index (χ2n) is 7.95. The normalized spacial score (nSPS) is 25.0. The highest BCUT2D eigenvalue weighted by Gasteiger charge is 2.52. The molecule has 2 aliphatic heterocycles. The summed E-state index contributed by atoms with van der Waals surface area (Å²) < 4.78 is 5.53. The van der Waals surface area contributed by atoms with Crippen LogP contribution in [0.4, 0.5) is 16.2 Å². The van der Waals surface area contributed by atoms with Gasteiger partial charge in [-0.2, -0.15) is 0 Å². The summed E-state index contributed by atoms with van der Waals surface area (Å²) in [6, 6.07) is 15.9. The summed E-state index contributed by atoms with van der Waals surface area (Å²) in [6.07, 6.45) is 0.785. The number of fused-ring (bicyclic) bond motifs is 3. The molecular weight excluding hydrogens is 338 g/mol. The molecule has 5 heteroatoms. The number of likely N-dealkylation sites (N-methyl/N-ethyl adjacent to an activating group) is 2. The molecule has 2 aromatic rings. The van der Waals surface area contributed by atoms with E-state index in [-0.39, 0.29) is 11.5 Å². The van der Waals surface area contributed by atoms with E-state index in [0.29, 0.717) is 6.17 Å². The molecule has 1 fully saturated rings. The maximum Gasteiger partial charge on any atom is 0.412 e. The van der Waals surface area contributed by atoms with Gasteiger partial charge >= 0.3 is 6.09 Å². The minimum Gasteiger partial charge on any atom is -0.441 e. The predicted molar refractivity (Wildman–Crippen MR) is 108 cm³/mol. The maximum absolute atomic E-state index is 12.3. The minimum atomic E-state index is -0.435. The lowest BCUT2D eigenvalue weighted by atomic mass is 9.81. The Hall–Kier alpha value is -2.53. The number of carbonyl (C=O) groups excluding carboxylic acids is 1. The summed E-state index contributed by atoms with van der Waals surface area (Å²) in [5, 5.41) is 2.88. The molecule has 3 atom stereocenters. The van der Waals surface area contributed by atoms with Crippen LogP contribution < -0.4 is 10.2 Å². The van der Waals surface area contributed by atoms with Crippen molar-refractivity contribution in [1.29, 1.82) is 0 Å². The quantitative estimate of drug-likeness (QED) is 0.877. The molecule has 142 valence electrons. The van der Waals surface area contributed by atoms with Crippen molar-refractivity contribution in [3.63, 3.8) is 0 Å². The first-order valence-corrected chi connectivity index (χ1v) is 9.50. The van der Waals surface area contributed by atoms with E-state index in [2.05, 4.69) is 48.3 Å². The molecule has 1 amide bonds. The molecule has 0 spiro atoms. The summed E-state index contributed by atoms with van der Waals surface area (Å²) >= 11 is 0. The lowest BCUT2D eigenvalue weighted by Crippen LogP contribution is -2.45. The van der Waals surface area contributed by atoms with Crippen LogP contribution in [-0.4, -0.2) is 37.8 Å². The predicted octanol–water partition coefficient (Wildman–Crippen LogP) is 4.37. The molecule has 0 unspecified atom stereocenters. The molecule has 0 aromatic heterocycles. The fourth-order valence-electron chi connectivity index (χ4n) is 4.76. The van der Waals surface area contributed by atoms with Gasteiger partial charge in [-0.25, -0.2) is 4.79 Å². The van der Waals surface area contributed by atoms with E-state index in [1.165, 1.54) is 11.3 Å². The summed E-state index contributed by atoms with van der Waals surface area (Å²) in [5.41, 5.74) is 4.42. The highest BCUT2D eigenvalue weighted by Crippen LogP contribution is 2.51. The van der Waals surface area contributed by atoms with Crippen LogP contribution in [0.2, 0.25) is 0 Å². The van der Waals surface area contributed by atoms with Gasteiger partial charge in [-0.15, -0.1) is 0 Å². The Morgan fingerprint density at radius 1 is 1.22 bits per heavy atom. The van der Waals surface area contributed by atoms with Crippen molar-refractivity contribution in [3.05, 3.63) is 59.7 Å². The Morgan fingerprint density at radius 3 is 2.70 bits per heavy atom. The maximum atomic E-state index is 12.3. The zero-order valence-electron chi connectivity index (χ0n) is 16.4. The Kier molecular flexibility index (Phi) is 4.35. The third kappa shape index (κ3) is 2.96. The number of benzene rings is 2. The van der Waals surface area contributed by atoms with Crippen molar-refractivity contribution >= 4 is 17.5 Å². The highest BCUT2D eigenvalue weighted by atomic mass is 16.6. The van der Waals surface area contributed by atoms with Crippen molar-refractivity contribution in [1.82, 2.24) is 4.90 Å². The largest absolute Gasteiger partial charge is 0.441 e. The first-order chi connectivity index (χ1) is 12.9. The molecule has 2 heterocycles. The van der Waals surface area contributed by atoms with Gasteiger partial charge in [0.25, 0.3) is 0 Å². The van der Waals surface area contributed by atoms with E-state index >= 15 is 0 Å². The molecule has 1 N–H and O–H groups in total. The third-order valence-electron chi connectivity index (χ3n) is 6.13. The van der Waals surface area contributed by atoms with E-state index in [1.54, 1.807) is 0 Å². The molecule has 0 radical (unpaired) electrons. The number of carbonyl (C=O) groups is 1. The second-order valence-corrected chi connectivity index (χ2v) is 7.95. The highest BCUT2D eigenvalue weighted by molar-refractivity contribution is 5.86. The molecule has 4 rings (SSSR count). The Labute approximate surface area is 160 Å². The van der Waals surface area contributed by atoms with Crippen LogP contribution in [0.15, 0.2) is 48.5 Å². The zero-order chi connectivity index (χ0) is 19.2. The zero-order valence-corrected chi connectivity index (χ0v) is 16.4. The molecule has 2 aliphatic rings. The van der Waals surface area contributed by atoms with E-state index in [1.807, 2.05) is 43.3 Å². The number of hydrogen-bond donors (Lipinski definition) is 1. The van der Waals surface area contributed by atoms with E-state index in [4.69, 9.17) is 4.74 Å². The van der Waals surface area contributed by atoms with Gasteiger partial charge in [0, 0.05) is 30.4 Å². The van der Waals surface area contributed by atoms with E-state index < -0.39 is 6.09 Å². The summed E-state index contributed by atoms with van der Waals surface area (Å²) in [5.74, 6) is 0. The lowest BCUT2D eigenvalue weighted by molar-refractivity contribution is 0.121. The number of nitrogens with one attached hydrogen (secondary N) is 1. The fourth-order valence-corrected chi connectivity index (χ4v) is 4.76. The topological polar surface area (TPSA) is 44.8 Å². The van der Waals surface area contributed by atoms with Gasteiger partial charge in [0.15, 0.2) is 0 Å². The molecule has 2 aromatic carbocycles. The fraction of sp³-hybridized carbons (Fsp3) is 0.409. The number of likely N-dealkylation sites (tertiary alicyclic amines) is 1. The van der Waals surface area contributed by atoms with Crippen LogP contribution in [-0.2, 0) is 10.2 Å². The lowest BCUT2D eigenvalue weighted by Gasteiger charge is -2.32. The standard InChI is InChI=1S/C22H27N3O2/c1-15(16-8-6-5-7-9-16)27-21(26)23-17-10-11-18-19(14-17)25(4)20-22(18,2)12-13-24(20)3/h5-11,14-15,20H,12-13H2,1-4H3,(H,23,26)/t15-,20-,22+/m0/s1. The molecule has 1 saturated heterocycles. The van der Waals surface area contributed by atoms with Gasteiger partial charge in [0.2, 0.25) is 0 Å². The third-order valence-corrected chi connectivity index (χ3v) is 6.13. The van der Waals surface area contributed by atoms with E-state index in [9.17, 15) is 4.79 Å². The molecule has 5 nitrogen and oxygen atoms in total. The summed E-state index contributed by atoms with van der Waals surface area (Å²) in [6.45, 7) is 5.32. The molecule has 0 bridgehead atoms. The molecule has 27 heavy (non-hydrogen) atoms. The van der Waals surface area contributed by atoms with Gasteiger partial charge in [0.05, 0.1) is 6.17 Å². The summed E-state index contributed by atoms with van der Waals surface area (Å²) in [7, 11) is 4.32. The monoisotopic (exact) mass is 365 g/mol. The Bertz CT molecular complexity index is 854. The SMILES string of the molecule is C[C@H](OC(=O)Nc1ccc2c(c1)N(C)[C@@H]1N(C)CC[C@]21C)c1ccccc1. The Balaban J connectivity index is 1.49. The van der Waals surface area contributed by atoms with Crippen LogP contribution in [0.1, 0.15) is 37.5 Å². The van der Waals surface area contributed by atoms with Crippen molar-refractivity contribution < 1.29 is 9.53 Å². The number of nitrogens with zero attached hydrogens (tertiary/aromatic N) is 2. The van der Waals surface area contributed by atoms with Gasteiger partial charge in [-0.1, -0.05) is 43.3 Å². The number of anilines is 2. The van der Waals surface area contributed by atoms with Crippen LogP contribution in [0.25, 0.3) is 0 Å². The first kappa shape index (κ1) is 17.9. The van der Waals surface area contributed by atoms with Gasteiger partial charge in [-0.3, -0.25) is 10.2 Å². The molecule has 0 aliphatic carbocycles. The number of hydrogen-bond acceptors (Lipinski definition) is 4. The van der Waals surface area contributed by atoms with Crippen molar-refractivity contribution in [2.45, 2.75) is 38.0 Å². The second kappa shape index (κ2) is 6.57. The van der Waals surface area contributed by atoms with Crippen LogP contribution >= 0.6 is 0 Å². The number of ether oxygens (including phenoxy) is 1. The van der Waals surface area contributed by atoms with Gasteiger partial charge < -0.3 is 9.64 Å². The minimum absolute atomic E-state index is 0.139. The number of amides is 1. The van der Waals surface area contributed by atoms with Crippen molar-refractivity contribution in [2.75, 3.05) is 30.9 Å². The van der Waals surface area contributed by atoms with E-state index in [0.717, 1.165) is 24.2 Å². The molecular formula is C22H27N3O2.